The molecule has 0 saturated carbocycles. The summed E-state index contributed by atoms with van der Waals surface area (Å²) in [5.41, 5.74) is 0.203. The van der Waals surface area contributed by atoms with Crippen molar-refractivity contribution in [1.29, 1.82) is 0 Å². The lowest BCUT2D eigenvalue weighted by Crippen LogP contribution is -2.16. The molecule has 1 atom stereocenters. The van der Waals surface area contributed by atoms with Gasteiger partial charge in [-0.3, -0.25) is 0 Å². The number of allylic oxidation sites excluding steroid dienone is 3. The van der Waals surface area contributed by atoms with Gasteiger partial charge in [-0.2, -0.15) is 0 Å². The maximum atomic E-state index is 5.19. The smallest absolute Gasteiger partial charge is 0.115 e. The van der Waals surface area contributed by atoms with E-state index in [1.165, 1.54) is 12.8 Å². The van der Waals surface area contributed by atoms with Gasteiger partial charge in [-0.05, 0) is 30.4 Å². The maximum absolute atomic E-state index is 5.19. The van der Waals surface area contributed by atoms with Gasteiger partial charge in [0, 0.05) is 0 Å². The second-order valence-corrected chi connectivity index (χ2v) is 3.53. The van der Waals surface area contributed by atoms with E-state index >= 15 is 0 Å². The van der Waals surface area contributed by atoms with E-state index in [2.05, 4.69) is 32.4 Å². The fourth-order valence-corrected chi connectivity index (χ4v) is 1.61. The SMILES string of the molecule is CCCC1(C)[CH]C=CC(OC)=C1. The summed E-state index contributed by atoms with van der Waals surface area (Å²) in [5.74, 6) is 0.980. The first kappa shape index (κ1) is 9.37. The maximum Gasteiger partial charge on any atom is 0.115 e. The molecule has 1 aliphatic carbocycles. The van der Waals surface area contributed by atoms with Crippen molar-refractivity contribution in [3.63, 3.8) is 0 Å². The molecule has 12 heavy (non-hydrogen) atoms. The Bertz CT molecular complexity index is 203. The minimum atomic E-state index is 0.203. The molecule has 67 valence electrons. The van der Waals surface area contributed by atoms with Crippen LogP contribution in [0.1, 0.15) is 26.7 Å². The summed E-state index contributed by atoms with van der Waals surface area (Å²) in [6.07, 6.45) is 10.9. The second-order valence-electron chi connectivity index (χ2n) is 3.53. The van der Waals surface area contributed by atoms with Crippen LogP contribution in [0.15, 0.2) is 24.0 Å². The van der Waals surface area contributed by atoms with Crippen LogP contribution in [0.3, 0.4) is 0 Å². The highest BCUT2D eigenvalue weighted by Crippen LogP contribution is 2.33. The number of hydrogen-bond acceptors (Lipinski definition) is 1. The fraction of sp³-hybridized carbons (Fsp3) is 0.545. The Kier molecular flexibility index (Phi) is 2.96. The summed E-state index contributed by atoms with van der Waals surface area (Å²) in [5, 5.41) is 0. The molecular formula is C11H17O. The molecule has 0 aromatic carbocycles. The molecule has 0 amide bonds. The number of ether oxygens (including phenoxy) is 1. The zero-order valence-electron chi connectivity index (χ0n) is 8.13. The monoisotopic (exact) mass is 165 g/mol. The lowest BCUT2D eigenvalue weighted by molar-refractivity contribution is 0.292. The van der Waals surface area contributed by atoms with Crippen LogP contribution in [0.2, 0.25) is 0 Å². The van der Waals surface area contributed by atoms with Gasteiger partial charge < -0.3 is 4.74 Å². The summed E-state index contributed by atoms with van der Waals surface area (Å²) >= 11 is 0. The van der Waals surface area contributed by atoms with E-state index in [1.807, 2.05) is 6.08 Å². The Hall–Kier alpha value is -0.720. The van der Waals surface area contributed by atoms with Crippen molar-refractivity contribution in [3.05, 3.63) is 30.4 Å². The van der Waals surface area contributed by atoms with Gasteiger partial charge in [0.05, 0.1) is 7.11 Å². The van der Waals surface area contributed by atoms with Crippen molar-refractivity contribution in [1.82, 2.24) is 0 Å². The molecule has 0 fully saturated rings. The predicted octanol–water partition coefficient (Wildman–Crippen LogP) is 3.10. The third kappa shape index (κ3) is 2.13. The molecule has 0 bridgehead atoms. The molecule has 0 aliphatic heterocycles. The molecular weight excluding hydrogens is 148 g/mol. The minimum absolute atomic E-state index is 0.203. The van der Waals surface area contributed by atoms with Crippen molar-refractivity contribution >= 4 is 0 Å². The van der Waals surface area contributed by atoms with Gasteiger partial charge in [0.1, 0.15) is 5.76 Å². The van der Waals surface area contributed by atoms with Gasteiger partial charge in [0.25, 0.3) is 0 Å². The molecule has 1 radical (unpaired) electrons. The van der Waals surface area contributed by atoms with E-state index in [0.717, 1.165) is 5.76 Å². The second kappa shape index (κ2) is 3.79. The first-order chi connectivity index (χ1) is 5.70. The van der Waals surface area contributed by atoms with Crippen LogP contribution < -0.4 is 0 Å². The van der Waals surface area contributed by atoms with E-state index in [4.69, 9.17) is 4.74 Å². The van der Waals surface area contributed by atoms with Crippen LogP contribution in [0, 0.1) is 11.8 Å². The molecule has 0 N–H and O–H groups in total. The lowest BCUT2D eigenvalue weighted by Gasteiger charge is -2.26. The molecule has 0 saturated heterocycles. The van der Waals surface area contributed by atoms with Crippen LogP contribution >= 0.6 is 0 Å². The summed E-state index contributed by atoms with van der Waals surface area (Å²) < 4.78 is 5.19. The molecule has 1 unspecified atom stereocenters. The van der Waals surface area contributed by atoms with Crippen molar-refractivity contribution < 1.29 is 4.74 Å². The van der Waals surface area contributed by atoms with Crippen molar-refractivity contribution in [2.75, 3.05) is 7.11 Å². The van der Waals surface area contributed by atoms with Crippen LogP contribution in [0.4, 0.5) is 0 Å². The molecule has 1 nitrogen and oxygen atoms in total. The zero-order valence-corrected chi connectivity index (χ0v) is 8.13. The number of hydrogen-bond donors (Lipinski definition) is 0. The van der Waals surface area contributed by atoms with Gasteiger partial charge >= 0.3 is 0 Å². The highest BCUT2D eigenvalue weighted by atomic mass is 16.5. The lowest BCUT2D eigenvalue weighted by atomic mass is 9.79. The van der Waals surface area contributed by atoms with E-state index in [0.29, 0.717) is 0 Å². The van der Waals surface area contributed by atoms with Crippen molar-refractivity contribution in [3.8, 4) is 0 Å². The highest BCUT2D eigenvalue weighted by Gasteiger charge is 2.22. The topological polar surface area (TPSA) is 9.23 Å². The normalized spacial score (nSPS) is 28.4. The summed E-state index contributed by atoms with van der Waals surface area (Å²) in [7, 11) is 1.72. The molecule has 1 rings (SSSR count). The molecule has 1 heteroatoms. The Labute approximate surface area is 75.1 Å². The average Bonchev–Trinajstić information content (AvgIpc) is 2.04. The van der Waals surface area contributed by atoms with E-state index in [9.17, 15) is 0 Å². The zero-order chi connectivity index (χ0) is 9.03. The standard InChI is InChI=1S/C11H17O/c1-4-7-11(2)8-5-6-10(9-11)12-3/h5-6,8-9H,4,7H2,1-3H3. The van der Waals surface area contributed by atoms with Gasteiger partial charge in [-0.1, -0.05) is 26.3 Å². The highest BCUT2D eigenvalue weighted by molar-refractivity contribution is 5.28. The van der Waals surface area contributed by atoms with Crippen LogP contribution in [0.25, 0.3) is 0 Å². The van der Waals surface area contributed by atoms with Gasteiger partial charge in [0.2, 0.25) is 0 Å². The number of methoxy groups -OCH3 is 1. The van der Waals surface area contributed by atoms with Gasteiger partial charge in [-0.25, -0.2) is 0 Å². The average molecular weight is 165 g/mol. The van der Waals surface area contributed by atoms with Crippen molar-refractivity contribution in [2.24, 2.45) is 5.41 Å². The van der Waals surface area contributed by atoms with Crippen LogP contribution in [0.5, 0.6) is 0 Å². The first-order valence-corrected chi connectivity index (χ1v) is 4.49. The van der Waals surface area contributed by atoms with Crippen LogP contribution in [-0.2, 0) is 4.74 Å². The molecule has 0 spiro atoms. The largest absolute Gasteiger partial charge is 0.497 e. The summed E-state index contributed by atoms with van der Waals surface area (Å²) in [6, 6.07) is 0. The Morgan fingerprint density at radius 2 is 2.25 bits per heavy atom. The minimum Gasteiger partial charge on any atom is -0.497 e. The molecule has 1 aliphatic rings. The predicted molar refractivity (Wildman–Crippen MR) is 51.5 cm³/mol. The van der Waals surface area contributed by atoms with Crippen LogP contribution in [-0.4, -0.2) is 7.11 Å². The third-order valence-electron chi connectivity index (χ3n) is 2.23. The molecule has 0 aromatic heterocycles. The number of rotatable bonds is 3. The summed E-state index contributed by atoms with van der Waals surface area (Å²) in [6.45, 7) is 4.44. The van der Waals surface area contributed by atoms with Crippen molar-refractivity contribution in [2.45, 2.75) is 26.7 Å². The molecule has 0 aromatic rings. The quantitative estimate of drug-likeness (QED) is 0.624. The third-order valence-corrected chi connectivity index (χ3v) is 2.23. The Balaban J connectivity index is 2.69. The Morgan fingerprint density at radius 1 is 1.50 bits per heavy atom. The van der Waals surface area contributed by atoms with Gasteiger partial charge in [0.15, 0.2) is 0 Å². The van der Waals surface area contributed by atoms with E-state index in [1.54, 1.807) is 7.11 Å². The summed E-state index contributed by atoms with van der Waals surface area (Å²) in [4.78, 5) is 0. The fourth-order valence-electron chi connectivity index (χ4n) is 1.61. The molecule has 0 heterocycles. The van der Waals surface area contributed by atoms with E-state index < -0.39 is 0 Å². The first-order valence-electron chi connectivity index (χ1n) is 4.49. The van der Waals surface area contributed by atoms with E-state index in [-0.39, 0.29) is 5.41 Å². The Morgan fingerprint density at radius 3 is 2.83 bits per heavy atom. The van der Waals surface area contributed by atoms with Gasteiger partial charge in [-0.15, -0.1) is 0 Å².